The Balaban J connectivity index is 0.000000153. The maximum absolute atomic E-state index is 12.8. The first-order chi connectivity index (χ1) is 64.8. The number of ether oxygens (including phenoxy) is 2. The molecule has 12 amide bonds. The molecule has 688 valence electrons. The summed E-state index contributed by atoms with van der Waals surface area (Å²) in [5.41, 5.74) is 41.7. The highest BCUT2D eigenvalue weighted by atomic mass is 16.5. The lowest BCUT2D eigenvalue weighted by Crippen LogP contribution is -2.47. The average molecular weight is 1820 g/mol. The quantitative estimate of drug-likeness (QED) is 0.0224. The van der Waals surface area contributed by atoms with E-state index in [1.165, 1.54) is 12.7 Å². The van der Waals surface area contributed by atoms with E-state index in [1.807, 2.05) is 231 Å². The van der Waals surface area contributed by atoms with E-state index < -0.39 is 53.8 Å². The van der Waals surface area contributed by atoms with Gasteiger partial charge in [-0.25, -0.2) is 24.0 Å². The fourth-order valence-electron chi connectivity index (χ4n) is 15.0. The number of carbonyl (C=O) groups is 9. The summed E-state index contributed by atoms with van der Waals surface area (Å²) in [6.45, 7) is 26.6. The van der Waals surface area contributed by atoms with E-state index in [1.54, 1.807) is 42.4 Å². The third kappa shape index (κ3) is 23.7. The molecule has 35 nitrogen and oxygen atoms in total. The zero-order chi connectivity index (χ0) is 96.3. The lowest BCUT2D eigenvalue weighted by atomic mass is 9.94. The standard InChI is InChI=1S/C26H26N6O4.C25H26N6O3.C25H26N6O2.C24H24N6O2/c1-15(29-24(33)23-22(27)16(2)30-26(35)31-23)18-7-5-8-19(11-18)21-12-28-32(14-21)13-17-6-4-9-20(10-17)25(34)36-3;1-15(28-24(32)23-22(26)16(2)29-25(33)30-23)20-11-18(9-10-21(20)34-3)19-12-27-31(14-19)13-17-7-5-4-6-8-17;1-15-20(16(2)28-24(32)23-22(26)17(3)29-25(33)30-23)10-7-11-21(15)19-12-27-31(14-19)13-18-8-5-4-6-9-18;1-15(27-23(31)22-21(25)16(2)28-24(32)29-22)19-10-6-7-11-20(19)18-12-26-30(14-18)13-17-8-4-3-5-9-17/h4-12,14-15H,2,13,27H2,1,3H3,(H,29,33)(H2,30,31,35);4-12,14-15H,2,13,26H2,1,3H3,(H,28,32)(H2,29,30,33);4-12,14,16H,3,13,26H2,1-2H3,(H,28,32)(H2,29,30,33);3-12,14-15H,2,13,25H2,1H3,(H,27,31)(H2,28,29,32)/t2*15-;16-;15-/m1111/s1. The molecule has 4 atom stereocenters. The van der Waals surface area contributed by atoms with E-state index in [0.29, 0.717) is 37.5 Å². The number of amides is 12. The third-order valence-corrected chi connectivity index (χ3v) is 22.1. The Bertz CT molecular complexity index is 6740. The number of hydrogen-bond acceptors (Lipinski definition) is 19. The van der Waals surface area contributed by atoms with Crippen LogP contribution < -0.4 is 91.5 Å². The molecule has 0 saturated carbocycles. The number of hydrogen-bond donors (Lipinski definition) is 16. The predicted octanol–water partition coefficient (Wildman–Crippen LogP) is 11.2. The van der Waals surface area contributed by atoms with Gasteiger partial charge in [0, 0.05) is 52.6 Å². The molecular formula is C100H102N24O11. The van der Waals surface area contributed by atoms with Crippen LogP contribution in [0.1, 0.15) is 112 Å². The summed E-state index contributed by atoms with van der Waals surface area (Å²) in [6, 6.07) is 61.1. The smallest absolute Gasteiger partial charge is 0.337 e. The highest BCUT2D eigenvalue weighted by Gasteiger charge is 2.31. The van der Waals surface area contributed by atoms with Gasteiger partial charge in [0.2, 0.25) is 0 Å². The molecule has 12 aromatic rings. The topological polar surface area (TPSA) is 492 Å². The van der Waals surface area contributed by atoms with Gasteiger partial charge in [0.05, 0.1) is 140 Å². The Labute approximate surface area is 777 Å². The summed E-state index contributed by atoms with van der Waals surface area (Å²) in [4.78, 5) is 110. The minimum absolute atomic E-state index is 0.00778. The van der Waals surface area contributed by atoms with Crippen LogP contribution in [0, 0.1) is 6.92 Å². The van der Waals surface area contributed by atoms with Crippen molar-refractivity contribution in [2.24, 2.45) is 22.9 Å². The van der Waals surface area contributed by atoms with Crippen LogP contribution in [0.2, 0.25) is 0 Å². The molecule has 0 spiro atoms. The van der Waals surface area contributed by atoms with E-state index in [2.05, 4.69) is 147 Å². The molecule has 0 radical (unpaired) electrons. The Hall–Kier alpha value is -18.1. The molecule has 0 fully saturated rings. The fraction of sp³-hybridized carbons (Fsp3) is 0.150. The average Bonchev–Trinajstić information content (AvgIpc) is 1.75. The van der Waals surface area contributed by atoms with Gasteiger partial charge in [0.1, 0.15) is 28.5 Å². The molecule has 8 heterocycles. The van der Waals surface area contributed by atoms with E-state index in [0.717, 1.165) is 89.0 Å². The zero-order valence-corrected chi connectivity index (χ0v) is 75.0. The van der Waals surface area contributed by atoms with E-state index in [4.69, 9.17) is 32.4 Å². The van der Waals surface area contributed by atoms with Crippen LogP contribution in [0.15, 0.2) is 344 Å². The highest BCUT2D eigenvalue weighted by Crippen LogP contribution is 2.35. The van der Waals surface area contributed by atoms with Crippen molar-refractivity contribution in [1.82, 2.24) is 103 Å². The lowest BCUT2D eigenvalue weighted by molar-refractivity contribution is -0.119. The maximum atomic E-state index is 12.8. The summed E-state index contributed by atoms with van der Waals surface area (Å²) < 4.78 is 17.8. The number of nitrogens with zero attached hydrogens (tertiary/aromatic N) is 8. The van der Waals surface area contributed by atoms with Crippen LogP contribution in [0.3, 0.4) is 0 Å². The van der Waals surface area contributed by atoms with E-state index in [-0.39, 0.29) is 92.5 Å². The first kappa shape index (κ1) is 94.6. The number of esters is 1. The Morgan fingerprint density at radius 2 is 0.696 bits per heavy atom. The summed E-state index contributed by atoms with van der Waals surface area (Å²) in [5.74, 6) is -1.76. The van der Waals surface area contributed by atoms with Gasteiger partial charge in [-0.3, -0.25) is 37.9 Å². The summed E-state index contributed by atoms with van der Waals surface area (Å²) in [6.07, 6.45) is 15.1. The molecule has 4 aliphatic heterocycles. The number of nitrogens with one attached hydrogen (secondary N) is 12. The minimum Gasteiger partial charge on any atom is -0.496 e. The van der Waals surface area contributed by atoms with E-state index in [9.17, 15) is 43.2 Å². The van der Waals surface area contributed by atoms with Crippen LogP contribution in [-0.4, -0.2) is 107 Å². The van der Waals surface area contributed by atoms with Crippen molar-refractivity contribution < 1.29 is 52.6 Å². The normalized spacial score (nSPS) is 14.3. The number of rotatable bonds is 26. The number of carbonyl (C=O) groups excluding carboxylic acids is 9. The molecule has 20 N–H and O–H groups in total. The van der Waals surface area contributed by atoms with Crippen molar-refractivity contribution in [3.05, 3.63) is 400 Å². The van der Waals surface area contributed by atoms with Crippen LogP contribution in [0.25, 0.3) is 44.5 Å². The number of benzene rings is 8. The van der Waals surface area contributed by atoms with Crippen LogP contribution >= 0.6 is 0 Å². The Morgan fingerprint density at radius 3 is 1.13 bits per heavy atom. The molecule has 8 aromatic carbocycles. The largest absolute Gasteiger partial charge is 0.496 e. The van der Waals surface area contributed by atoms with Crippen molar-refractivity contribution in [2.45, 2.75) is 85.0 Å². The van der Waals surface area contributed by atoms with Crippen molar-refractivity contribution >= 4 is 53.7 Å². The lowest BCUT2D eigenvalue weighted by Gasteiger charge is -2.23. The van der Waals surface area contributed by atoms with E-state index >= 15 is 0 Å². The van der Waals surface area contributed by atoms with Gasteiger partial charge in [-0.2, -0.15) is 20.4 Å². The van der Waals surface area contributed by atoms with Gasteiger partial charge in [0.15, 0.2) is 0 Å². The van der Waals surface area contributed by atoms with Crippen molar-refractivity contribution in [1.29, 1.82) is 0 Å². The molecule has 4 aliphatic rings. The second-order valence-corrected chi connectivity index (χ2v) is 31.7. The molecule has 0 saturated heterocycles. The van der Waals surface area contributed by atoms with Crippen LogP contribution in [0.4, 0.5) is 19.2 Å². The maximum Gasteiger partial charge on any atom is 0.337 e. The minimum atomic E-state index is -0.567. The second kappa shape index (κ2) is 42.9. The fourth-order valence-corrected chi connectivity index (χ4v) is 15.0. The molecule has 0 bridgehead atoms. The first-order valence-electron chi connectivity index (χ1n) is 42.5. The summed E-state index contributed by atoms with van der Waals surface area (Å²) >= 11 is 0. The molecular weight excluding hydrogens is 1710 g/mol. The third-order valence-electron chi connectivity index (χ3n) is 22.1. The van der Waals surface area contributed by atoms with Gasteiger partial charge in [-0.15, -0.1) is 0 Å². The zero-order valence-electron chi connectivity index (χ0n) is 75.0. The van der Waals surface area contributed by atoms with Gasteiger partial charge in [-0.05, 0) is 132 Å². The van der Waals surface area contributed by atoms with Crippen molar-refractivity contribution in [3.63, 3.8) is 0 Å². The summed E-state index contributed by atoms with van der Waals surface area (Å²) in [7, 11) is 2.92. The molecule has 0 aliphatic carbocycles. The van der Waals surface area contributed by atoms with Crippen molar-refractivity contribution in [3.8, 4) is 50.3 Å². The molecule has 35 heteroatoms. The Morgan fingerprint density at radius 1 is 0.356 bits per heavy atom. The van der Waals surface area contributed by atoms with Crippen molar-refractivity contribution in [2.75, 3.05) is 14.2 Å². The highest BCUT2D eigenvalue weighted by molar-refractivity contribution is 6.03. The predicted molar refractivity (Wildman–Crippen MR) is 510 cm³/mol. The molecule has 135 heavy (non-hydrogen) atoms. The number of aromatic nitrogens is 8. The molecule has 4 aromatic heterocycles. The van der Waals surface area contributed by atoms with Gasteiger partial charge in [0.25, 0.3) is 23.6 Å². The second-order valence-electron chi connectivity index (χ2n) is 31.7. The molecule has 0 unspecified atom stereocenters. The van der Waals surface area contributed by atoms with Gasteiger partial charge >= 0.3 is 30.1 Å². The number of urea groups is 4. The SMILES string of the molecule is C=C1NC(=O)NC(C(=O)N[C@H](C)c2cc(-c3cnn(Cc4ccccc4)c3)ccc2OC)=C1N.C=C1NC(=O)NC(C(=O)N[C@H](C)c2cccc(-c3cnn(Cc4cccc(C(=O)OC)c4)c3)c2)=C1N.C=C1NC(=O)NC(C(=O)N[C@H](C)c2cccc(-c3cnn(Cc4ccccc4)c3)c2C)=C1N.C=C1NC(=O)NC(C(=O)N[C@H](C)c2ccccc2-c2cnn(Cc3ccccc3)c2)=C1N. The Kier molecular flexibility index (Phi) is 30.1. The molecule has 16 rings (SSSR count). The monoisotopic (exact) mass is 1810 g/mol. The first-order valence-corrected chi connectivity index (χ1v) is 42.5. The van der Waals surface area contributed by atoms with Gasteiger partial charge in [-0.1, -0.05) is 196 Å². The number of nitrogens with two attached hydrogens (primary N) is 4. The number of methoxy groups -OCH3 is 2. The van der Waals surface area contributed by atoms with Crippen LogP contribution in [0.5, 0.6) is 5.75 Å². The summed E-state index contributed by atoms with van der Waals surface area (Å²) in [5, 5.41) is 48.9. The van der Waals surface area contributed by atoms with Gasteiger partial charge < -0.3 is 96.2 Å². The van der Waals surface area contributed by atoms with Crippen LogP contribution in [-0.2, 0) is 50.1 Å².